The first-order valence-corrected chi connectivity index (χ1v) is 11.6. The summed E-state index contributed by atoms with van der Waals surface area (Å²) < 4.78 is 1.18. The number of hydrogen-bond donors (Lipinski definition) is 1. The number of aromatic nitrogens is 1. The fraction of sp³-hybridized carbons (Fsp3) is 0.286. The van der Waals surface area contributed by atoms with E-state index in [0.717, 1.165) is 41.2 Å². The normalized spacial score (nSPS) is 14.6. The van der Waals surface area contributed by atoms with Gasteiger partial charge in [-0.05, 0) is 37.1 Å². The van der Waals surface area contributed by atoms with Crippen LogP contribution in [0.15, 0.2) is 47.4 Å². The molecule has 10 heteroatoms. The number of nitrogens with zero attached hydrogens (tertiary/aromatic N) is 3. The molecule has 2 aromatic carbocycles. The predicted octanol–water partition coefficient (Wildman–Crippen LogP) is 3.80. The molecule has 8 nitrogen and oxygen atoms in total. The highest BCUT2D eigenvalue weighted by Crippen LogP contribution is 2.35. The number of nitro groups is 1. The van der Waals surface area contributed by atoms with Crippen molar-refractivity contribution in [2.45, 2.75) is 23.7 Å². The molecule has 0 unspecified atom stereocenters. The third kappa shape index (κ3) is 4.70. The van der Waals surface area contributed by atoms with Crippen LogP contribution in [0.4, 0.5) is 5.69 Å². The number of nitrogens with two attached hydrogens (primary N) is 1. The molecule has 0 atom stereocenters. The molecule has 1 fully saturated rings. The maximum absolute atomic E-state index is 12.7. The molecule has 1 aliphatic rings. The van der Waals surface area contributed by atoms with E-state index in [1.807, 2.05) is 18.2 Å². The van der Waals surface area contributed by atoms with Crippen molar-refractivity contribution in [1.29, 1.82) is 0 Å². The van der Waals surface area contributed by atoms with Crippen LogP contribution in [0.5, 0.6) is 0 Å². The Balaban J connectivity index is 1.35. The van der Waals surface area contributed by atoms with Gasteiger partial charge in [0, 0.05) is 30.6 Å². The van der Waals surface area contributed by atoms with Gasteiger partial charge in [-0.3, -0.25) is 19.7 Å². The quantitative estimate of drug-likeness (QED) is 0.342. The van der Waals surface area contributed by atoms with E-state index in [1.165, 1.54) is 16.8 Å². The van der Waals surface area contributed by atoms with Crippen molar-refractivity contribution in [2.75, 3.05) is 18.8 Å². The second-order valence-electron chi connectivity index (χ2n) is 7.27. The molecular weight excluding hydrogens is 436 g/mol. The largest absolute Gasteiger partial charge is 0.366 e. The van der Waals surface area contributed by atoms with Crippen molar-refractivity contribution in [3.8, 4) is 0 Å². The minimum absolute atomic E-state index is 0.0546. The topological polar surface area (TPSA) is 119 Å². The van der Waals surface area contributed by atoms with Gasteiger partial charge in [0.15, 0.2) is 0 Å². The van der Waals surface area contributed by atoms with Gasteiger partial charge in [-0.1, -0.05) is 12.1 Å². The Hall–Kier alpha value is -2.98. The number of fused-ring (bicyclic) bond motifs is 1. The van der Waals surface area contributed by atoms with E-state index in [-0.39, 0.29) is 22.9 Å². The molecule has 4 rings (SSSR count). The Morgan fingerprint density at radius 1 is 1.23 bits per heavy atom. The molecule has 31 heavy (non-hydrogen) atoms. The molecule has 1 aromatic heterocycles. The zero-order chi connectivity index (χ0) is 22.0. The van der Waals surface area contributed by atoms with Crippen molar-refractivity contribution in [1.82, 2.24) is 9.88 Å². The highest BCUT2D eigenvalue weighted by molar-refractivity contribution is 8.00. The predicted molar refractivity (Wildman–Crippen MR) is 121 cm³/mol. The van der Waals surface area contributed by atoms with E-state index in [9.17, 15) is 19.7 Å². The SMILES string of the molecule is NC(=O)c1ccc(SCC(=O)N2CCC(c3nc4ccccc4s3)CC2)c([N+](=O)[O-])c1. The van der Waals surface area contributed by atoms with Gasteiger partial charge in [-0.2, -0.15) is 0 Å². The van der Waals surface area contributed by atoms with Crippen LogP contribution in [0.25, 0.3) is 10.2 Å². The molecule has 160 valence electrons. The van der Waals surface area contributed by atoms with Crippen molar-refractivity contribution < 1.29 is 14.5 Å². The third-order valence-corrected chi connectivity index (χ3v) is 7.55. The van der Waals surface area contributed by atoms with Crippen LogP contribution in [0.1, 0.15) is 34.1 Å². The molecule has 0 bridgehead atoms. The molecule has 0 radical (unpaired) electrons. The zero-order valence-electron chi connectivity index (χ0n) is 16.5. The van der Waals surface area contributed by atoms with Crippen LogP contribution in [0, 0.1) is 10.1 Å². The molecule has 2 N–H and O–H groups in total. The summed E-state index contributed by atoms with van der Waals surface area (Å²) in [6, 6.07) is 12.1. The van der Waals surface area contributed by atoms with Crippen LogP contribution >= 0.6 is 23.1 Å². The Labute approximate surface area is 186 Å². The molecule has 0 saturated carbocycles. The van der Waals surface area contributed by atoms with Crippen molar-refractivity contribution in [3.63, 3.8) is 0 Å². The maximum Gasteiger partial charge on any atom is 0.283 e. The van der Waals surface area contributed by atoms with E-state index >= 15 is 0 Å². The average molecular weight is 457 g/mol. The Morgan fingerprint density at radius 2 is 1.97 bits per heavy atom. The number of piperidine rings is 1. The van der Waals surface area contributed by atoms with E-state index < -0.39 is 10.8 Å². The summed E-state index contributed by atoms with van der Waals surface area (Å²) in [5.74, 6) is -0.341. The van der Waals surface area contributed by atoms with E-state index in [4.69, 9.17) is 10.7 Å². The first-order chi connectivity index (χ1) is 14.9. The van der Waals surface area contributed by atoms with Gasteiger partial charge in [0.05, 0.1) is 30.8 Å². The van der Waals surface area contributed by atoms with Gasteiger partial charge in [0.2, 0.25) is 11.8 Å². The van der Waals surface area contributed by atoms with Gasteiger partial charge in [-0.15, -0.1) is 23.1 Å². The number of rotatable bonds is 6. The van der Waals surface area contributed by atoms with Crippen LogP contribution in [0.2, 0.25) is 0 Å². The fourth-order valence-electron chi connectivity index (χ4n) is 3.61. The Bertz CT molecular complexity index is 1120. The number of carbonyl (C=O) groups is 2. The number of likely N-dealkylation sites (tertiary alicyclic amines) is 1. The van der Waals surface area contributed by atoms with Gasteiger partial charge >= 0.3 is 0 Å². The minimum Gasteiger partial charge on any atom is -0.366 e. The molecular formula is C21H20N4O4S2. The molecule has 1 saturated heterocycles. The molecule has 0 aliphatic carbocycles. The number of amides is 2. The zero-order valence-corrected chi connectivity index (χ0v) is 18.2. The second-order valence-corrected chi connectivity index (χ2v) is 9.35. The molecule has 2 heterocycles. The second kappa shape index (κ2) is 9.03. The highest BCUT2D eigenvalue weighted by Gasteiger charge is 2.26. The van der Waals surface area contributed by atoms with E-state index in [0.29, 0.717) is 23.9 Å². The summed E-state index contributed by atoms with van der Waals surface area (Å²) in [5, 5.41) is 12.4. The van der Waals surface area contributed by atoms with Crippen LogP contribution < -0.4 is 5.73 Å². The standard InChI is InChI=1S/C21H20N4O4S2/c22-20(27)14-5-6-18(16(11-14)25(28)29)30-12-19(26)24-9-7-13(8-10-24)21-23-15-3-1-2-4-17(15)31-21/h1-6,11,13H,7-10,12H2,(H2,22,27). The number of nitro benzene ring substituents is 1. The maximum atomic E-state index is 12.7. The van der Waals surface area contributed by atoms with Crippen LogP contribution in [0.3, 0.4) is 0 Å². The van der Waals surface area contributed by atoms with Crippen molar-refractivity contribution >= 4 is 50.8 Å². The van der Waals surface area contributed by atoms with Gasteiger partial charge < -0.3 is 10.6 Å². The lowest BCUT2D eigenvalue weighted by atomic mass is 9.97. The molecule has 1 aliphatic heterocycles. The van der Waals surface area contributed by atoms with Crippen LogP contribution in [-0.4, -0.2) is 45.5 Å². The lowest BCUT2D eigenvalue weighted by Gasteiger charge is -2.31. The molecule has 0 spiro atoms. The van der Waals surface area contributed by atoms with Crippen molar-refractivity contribution in [3.05, 3.63) is 63.1 Å². The number of carbonyl (C=O) groups excluding carboxylic acids is 2. The minimum atomic E-state index is -0.730. The lowest BCUT2D eigenvalue weighted by Crippen LogP contribution is -2.38. The summed E-state index contributed by atoms with van der Waals surface area (Å²) in [6.07, 6.45) is 1.70. The monoisotopic (exact) mass is 456 g/mol. The van der Waals surface area contributed by atoms with E-state index in [1.54, 1.807) is 16.2 Å². The number of benzene rings is 2. The summed E-state index contributed by atoms with van der Waals surface area (Å²) in [7, 11) is 0. The smallest absolute Gasteiger partial charge is 0.283 e. The first-order valence-electron chi connectivity index (χ1n) is 9.76. The van der Waals surface area contributed by atoms with Gasteiger partial charge in [-0.25, -0.2) is 4.98 Å². The summed E-state index contributed by atoms with van der Waals surface area (Å²) in [5.41, 5.74) is 6.06. The van der Waals surface area contributed by atoms with E-state index in [2.05, 4.69) is 6.07 Å². The van der Waals surface area contributed by atoms with Gasteiger partial charge in [0.25, 0.3) is 5.69 Å². The number of thiazole rings is 1. The number of para-hydroxylation sites is 1. The lowest BCUT2D eigenvalue weighted by molar-refractivity contribution is -0.387. The van der Waals surface area contributed by atoms with Crippen molar-refractivity contribution in [2.24, 2.45) is 5.73 Å². The number of thioether (sulfide) groups is 1. The first kappa shape index (κ1) is 21.3. The Morgan fingerprint density at radius 3 is 2.65 bits per heavy atom. The Kier molecular flexibility index (Phi) is 6.19. The number of hydrogen-bond acceptors (Lipinski definition) is 7. The van der Waals surface area contributed by atoms with Gasteiger partial charge in [0.1, 0.15) is 0 Å². The molecule has 2 amide bonds. The average Bonchev–Trinajstić information content (AvgIpc) is 3.21. The fourth-order valence-corrected chi connectivity index (χ4v) is 5.65. The summed E-state index contributed by atoms with van der Waals surface area (Å²) >= 11 is 2.82. The highest BCUT2D eigenvalue weighted by atomic mass is 32.2. The number of primary amides is 1. The molecule has 3 aromatic rings. The summed E-state index contributed by atoms with van der Waals surface area (Å²) in [6.45, 7) is 1.28. The third-order valence-electron chi connectivity index (χ3n) is 5.30. The van der Waals surface area contributed by atoms with Crippen LogP contribution in [-0.2, 0) is 4.79 Å². The summed E-state index contributed by atoms with van der Waals surface area (Å²) in [4.78, 5) is 41.6.